The van der Waals surface area contributed by atoms with E-state index in [2.05, 4.69) is 44.4 Å². The van der Waals surface area contributed by atoms with Gasteiger partial charge in [-0.05, 0) is 51.4 Å². The van der Waals surface area contributed by atoms with Crippen LogP contribution in [0.25, 0.3) is 5.69 Å². The van der Waals surface area contributed by atoms with Crippen LogP contribution in [0, 0.1) is 0 Å². The minimum atomic E-state index is -1.71. The van der Waals surface area contributed by atoms with Crippen molar-refractivity contribution in [1.29, 1.82) is 0 Å². The number of nitrogens with zero attached hydrogens (tertiary/aromatic N) is 2. The molecule has 21 heavy (non-hydrogen) atoms. The van der Waals surface area contributed by atoms with Crippen LogP contribution in [0.3, 0.4) is 0 Å². The van der Waals surface area contributed by atoms with Gasteiger partial charge in [0.2, 0.25) is 28.4 Å². The fourth-order valence-corrected chi connectivity index (χ4v) is 3.35. The van der Waals surface area contributed by atoms with Gasteiger partial charge in [-0.3, -0.25) is 0 Å². The molecule has 0 amide bonds. The molecule has 0 aliphatic rings. The summed E-state index contributed by atoms with van der Waals surface area (Å²) >= 11 is 0. The van der Waals surface area contributed by atoms with Gasteiger partial charge in [0.05, 0.1) is 11.8 Å². The van der Waals surface area contributed by atoms with Crippen molar-refractivity contribution in [2.24, 2.45) is 0 Å². The van der Waals surface area contributed by atoms with Crippen LogP contribution in [0.4, 0.5) is 0 Å². The maximum absolute atomic E-state index is 6.16. The molecule has 114 valence electrons. The molecule has 0 saturated heterocycles. The predicted molar refractivity (Wildman–Crippen MR) is 91.5 cm³/mol. The van der Waals surface area contributed by atoms with Crippen LogP contribution in [0.15, 0.2) is 36.4 Å². The Hall–Kier alpha value is -1.54. The lowest BCUT2D eigenvalue weighted by molar-refractivity contribution is 0.503. The number of hydrogen-bond donors (Lipinski definition) is 0. The average molecular weight is 321 g/mol. The largest absolute Gasteiger partial charge is 0.531 e. The summed E-state index contributed by atoms with van der Waals surface area (Å²) in [6, 6.07) is 11.9. The van der Waals surface area contributed by atoms with Crippen LogP contribution in [0.2, 0.25) is 39.3 Å². The van der Waals surface area contributed by atoms with Crippen molar-refractivity contribution in [3.05, 3.63) is 36.4 Å². The predicted octanol–water partition coefficient (Wildman–Crippen LogP) is 4.30. The molecule has 1 aromatic heterocycles. The molecule has 0 bridgehead atoms. The second-order valence-electron chi connectivity index (χ2n) is 7.00. The molecule has 0 N–H and O–H groups in total. The third-order valence-corrected chi connectivity index (χ3v) is 4.12. The summed E-state index contributed by atoms with van der Waals surface area (Å²) in [6.07, 6.45) is 0. The molecule has 2 rings (SSSR count). The van der Waals surface area contributed by atoms with E-state index in [4.69, 9.17) is 8.85 Å². The Bertz CT molecular complexity index is 598. The second kappa shape index (κ2) is 5.69. The van der Waals surface area contributed by atoms with Crippen LogP contribution in [-0.2, 0) is 0 Å². The van der Waals surface area contributed by atoms with Gasteiger partial charge in [-0.25, -0.2) is 0 Å². The van der Waals surface area contributed by atoms with Gasteiger partial charge >= 0.3 is 0 Å². The number of hydrogen-bond acceptors (Lipinski definition) is 3. The minimum absolute atomic E-state index is 0.645. The molecular weight excluding hydrogens is 296 g/mol. The summed E-state index contributed by atoms with van der Waals surface area (Å²) in [7, 11) is -3.40. The molecule has 0 aliphatic carbocycles. The number of aromatic nitrogens is 2. The normalized spacial score (nSPS) is 12.3. The fraction of sp³-hybridized carbons (Fsp3) is 0.400. The first kappa shape index (κ1) is 15.8. The van der Waals surface area contributed by atoms with E-state index in [0.717, 1.165) is 11.6 Å². The van der Waals surface area contributed by atoms with Crippen LogP contribution in [0.5, 0.6) is 11.8 Å². The molecule has 2 aromatic rings. The van der Waals surface area contributed by atoms with E-state index in [1.807, 2.05) is 41.1 Å². The monoisotopic (exact) mass is 320 g/mol. The summed E-state index contributed by atoms with van der Waals surface area (Å²) < 4.78 is 14.0. The second-order valence-corrected chi connectivity index (χ2v) is 15.9. The van der Waals surface area contributed by atoms with E-state index in [1.165, 1.54) is 0 Å². The number of benzene rings is 1. The van der Waals surface area contributed by atoms with Gasteiger partial charge in [-0.1, -0.05) is 18.2 Å². The molecule has 0 aliphatic heterocycles. The van der Waals surface area contributed by atoms with Crippen molar-refractivity contribution in [1.82, 2.24) is 9.78 Å². The molecule has 4 nitrogen and oxygen atoms in total. The van der Waals surface area contributed by atoms with Crippen molar-refractivity contribution in [3.8, 4) is 17.4 Å². The van der Waals surface area contributed by atoms with Crippen molar-refractivity contribution in [2.45, 2.75) is 39.3 Å². The lowest BCUT2D eigenvalue weighted by Crippen LogP contribution is -2.30. The van der Waals surface area contributed by atoms with Crippen LogP contribution in [-0.4, -0.2) is 26.4 Å². The van der Waals surface area contributed by atoms with Crippen molar-refractivity contribution < 1.29 is 8.85 Å². The Morgan fingerprint density at radius 1 is 0.857 bits per heavy atom. The summed E-state index contributed by atoms with van der Waals surface area (Å²) in [5.41, 5.74) is 0.983. The molecule has 0 radical (unpaired) electrons. The van der Waals surface area contributed by atoms with Crippen LogP contribution < -0.4 is 8.85 Å². The lowest BCUT2D eigenvalue weighted by Gasteiger charge is -2.19. The molecule has 1 heterocycles. The highest BCUT2D eigenvalue weighted by atomic mass is 28.4. The van der Waals surface area contributed by atoms with Gasteiger partial charge in [0.1, 0.15) is 0 Å². The summed E-state index contributed by atoms with van der Waals surface area (Å²) in [4.78, 5) is 0. The van der Waals surface area contributed by atoms with Crippen LogP contribution >= 0.6 is 0 Å². The Labute approximate surface area is 129 Å². The summed E-state index contributed by atoms with van der Waals surface area (Å²) in [6.45, 7) is 12.9. The van der Waals surface area contributed by atoms with Gasteiger partial charge < -0.3 is 8.85 Å². The highest BCUT2D eigenvalue weighted by Crippen LogP contribution is 2.27. The van der Waals surface area contributed by atoms with Gasteiger partial charge in [-0.2, -0.15) is 4.68 Å². The maximum atomic E-state index is 6.16. The molecule has 6 heteroatoms. The number of para-hydroxylation sites is 1. The van der Waals surface area contributed by atoms with Crippen molar-refractivity contribution in [3.63, 3.8) is 0 Å². The van der Waals surface area contributed by atoms with Gasteiger partial charge in [0.15, 0.2) is 0 Å². The van der Waals surface area contributed by atoms with E-state index >= 15 is 0 Å². The zero-order valence-corrected chi connectivity index (χ0v) is 15.7. The van der Waals surface area contributed by atoms with E-state index in [-0.39, 0.29) is 0 Å². The third kappa shape index (κ3) is 4.75. The van der Waals surface area contributed by atoms with Gasteiger partial charge in [0.25, 0.3) is 0 Å². The van der Waals surface area contributed by atoms with Gasteiger partial charge in [-0.15, -0.1) is 5.10 Å². The Kier molecular flexibility index (Phi) is 4.29. The zero-order valence-electron chi connectivity index (χ0n) is 13.7. The Morgan fingerprint density at radius 3 is 1.95 bits per heavy atom. The highest BCUT2D eigenvalue weighted by molar-refractivity contribution is 6.70. The third-order valence-electron chi connectivity index (χ3n) is 2.48. The molecular formula is C15H24N2O2Si2. The summed E-state index contributed by atoms with van der Waals surface area (Å²) in [5.74, 6) is 1.40. The van der Waals surface area contributed by atoms with Crippen LogP contribution in [0.1, 0.15) is 0 Å². The Morgan fingerprint density at radius 2 is 1.43 bits per heavy atom. The van der Waals surface area contributed by atoms with E-state index in [1.54, 1.807) is 0 Å². The highest BCUT2D eigenvalue weighted by Gasteiger charge is 2.23. The smallest absolute Gasteiger partial charge is 0.244 e. The molecule has 0 saturated carbocycles. The lowest BCUT2D eigenvalue weighted by atomic mass is 10.3. The molecule has 0 fully saturated rings. The minimum Gasteiger partial charge on any atom is -0.531 e. The molecule has 0 spiro atoms. The first-order chi connectivity index (χ1) is 9.64. The topological polar surface area (TPSA) is 36.3 Å². The molecule has 1 aromatic carbocycles. The first-order valence-electron chi connectivity index (χ1n) is 7.18. The van der Waals surface area contributed by atoms with Crippen molar-refractivity contribution >= 4 is 16.6 Å². The summed E-state index contributed by atoms with van der Waals surface area (Å²) in [5, 5.41) is 4.58. The van der Waals surface area contributed by atoms with E-state index in [0.29, 0.717) is 5.88 Å². The van der Waals surface area contributed by atoms with E-state index < -0.39 is 16.6 Å². The Balaban J connectivity index is 2.41. The number of rotatable bonds is 5. The average Bonchev–Trinajstić information content (AvgIpc) is 2.68. The molecule has 0 unspecified atom stereocenters. The quantitative estimate of drug-likeness (QED) is 0.771. The molecule has 0 atom stereocenters. The van der Waals surface area contributed by atoms with Gasteiger partial charge in [0, 0.05) is 0 Å². The van der Waals surface area contributed by atoms with E-state index in [9.17, 15) is 0 Å². The first-order valence-corrected chi connectivity index (χ1v) is 14.0. The van der Waals surface area contributed by atoms with Crippen molar-refractivity contribution in [2.75, 3.05) is 0 Å². The SMILES string of the molecule is C[Si](C)(C)Oc1cc(O[Si](C)(C)C)n(-c2ccccc2)n1. The standard InChI is InChI=1S/C15H24N2O2Si2/c1-20(2,3)18-14-12-15(19-21(4,5)6)17(16-14)13-10-8-7-9-11-13/h7-12H,1-6H3. The fourth-order valence-electron chi connectivity index (χ4n) is 1.85. The maximum Gasteiger partial charge on any atom is 0.244 e. The zero-order chi connectivity index (χ0) is 15.7.